The molecule has 0 N–H and O–H groups in total. The van der Waals surface area contributed by atoms with Crippen molar-refractivity contribution in [2.45, 2.75) is 6.42 Å². The van der Waals surface area contributed by atoms with Crippen molar-refractivity contribution in [2.75, 3.05) is 0 Å². The Morgan fingerprint density at radius 1 is 0.257 bits per heavy atom. The van der Waals surface area contributed by atoms with Gasteiger partial charge in [0.05, 0.1) is 21.7 Å². The van der Waals surface area contributed by atoms with Crippen LogP contribution in [0.5, 0.6) is 0 Å². The molecule has 0 amide bonds. The van der Waals surface area contributed by atoms with E-state index in [0.29, 0.717) is 45.6 Å². The highest BCUT2D eigenvalue weighted by Gasteiger charge is 2.26. The molecule has 0 unspecified atom stereocenters. The first-order valence-corrected chi connectivity index (χ1v) is 35.5. The fourth-order valence-corrected chi connectivity index (χ4v) is 15.4. The predicted octanol–water partition coefficient (Wildman–Crippen LogP) is 25.2. The Morgan fingerprint density at radius 2 is 0.638 bits per heavy atom. The van der Waals surface area contributed by atoms with Crippen molar-refractivity contribution < 1.29 is 8.83 Å². The van der Waals surface area contributed by atoms with Crippen LogP contribution in [0.25, 0.3) is 194 Å². The third kappa shape index (κ3) is 10.9. The van der Waals surface area contributed by atoms with Gasteiger partial charge in [-0.1, -0.05) is 279 Å². The molecule has 0 atom stereocenters. The summed E-state index contributed by atoms with van der Waals surface area (Å²) in [5, 5.41) is 16.4. The number of benzene rings is 16. The lowest BCUT2D eigenvalue weighted by Crippen LogP contribution is -2.01. The van der Waals surface area contributed by atoms with Crippen molar-refractivity contribution in [1.82, 2.24) is 34.5 Å². The first-order chi connectivity index (χ1) is 51.9. The van der Waals surface area contributed by atoms with Crippen molar-refractivity contribution in [3.63, 3.8) is 0 Å². The normalized spacial score (nSPS) is 11.8. The summed E-state index contributed by atoms with van der Waals surface area (Å²) >= 11 is 6.63. The second-order valence-corrected chi connectivity index (χ2v) is 27.0. The maximum absolute atomic E-state index is 7.00. The Bertz CT molecular complexity index is 6900. The average molecular weight is 1370 g/mol. The Balaban J connectivity index is 0.000000118. The zero-order chi connectivity index (χ0) is 69.5. The Morgan fingerprint density at radius 3 is 1.15 bits per heavy atom. The van der Waals surface area contributed by atoms with E-state index in [0.717, 1.165) is 116 Å². The summed E-state index contributed by atoms with van der Waals surface area (Å²) in [6.07, 6.45) is 1.08. The van der Waals surface area contributed by atoms with Crippen LogP contribution in [0.1, 0.15) is 11.1 Å². The fourth-order valence-electron chi connectivity index (χ4n) is 15.2. The number of nitrogens with zero attached hydrogens (tertiary/aromatic N) is 7. The minimum absolute atomic E-state index is 0.551. The number of hydrogen-bond acceptors (Lipinski definition) is 8. The smallest absolute Gasteiger partial charge is 0.164 e. The summed E-state index contributed by atoms with van der Waals surface area (Å²) < 4.78 is 15.6. The van der Waals surface area contributed by atoms with E-state index in [9.17, 15) is 0 Å². The third-order valence-corrected chi connectivity index (χ3v) is 20.5. The lowest BCUT2D eigenvalue weighted by atomic mass is 10.0. The quantitative estimate of drug-likeness (QED) is 0.155. The lowest BCUT2D eigenvalue weighted by Gasteiger charge is -2.13. The number of para-hydroxylation sites is 1. The summed E-state index contributed by atoms with van der Waals surface area (Å²) in [5.74, 6) is 3.62. The molecular formula is C95H58ClN7O2. The van der Waals surface area contributed by atoms with Crippen molar-refractivity contribution in [3.8, 4) is 85.1 Å². The number of rotatable bonds is 7. The van der Waals surface area contributed by atoms with Crippen LogP contribution < -0.4 is 0 Å². The van der Waals surface area contributed by atoms with Crippen LogP contribution in [0.15, 0.2) is 349 Å². The van der Waals surface area contributed by atoms with Crippen LogP contribution in [0, 0.1) is 0 Å². The van der Waals surface area contributed by atoms with E-state index in [4.69, 9.17) is 50.3 Å². The monoisotopic (exact) mass is 1360 g/mol. The maximum Gasteiger partial charge on any atom is 0.164 e. The molecule has 0 spiro atoms. The maximum atomic E-state index is 7.00. The van der Waals surface area contributed by atoms with Gasteiger partial charge in [0.25, 0.3) is 0 Å². The van der Waals surface area contributed by atoms with Crippen LogP contribution in [0.4, 0.5) is 0 Å². The highest BCUT2D eigenvalue weighted by atomic mass is 35.5. The number of fused-ring (bicyclic) bond motifs is 16. The van der Waals surface area contributed by atoms with Crippen molar-refractivity contribution >= 4 is 120 Å². The second-order valence-electron chi connectivity index (χ2n) is 26.6. The molecule has 492 valence electrons. The van der Waals surface area contributed by atoms with Gasteiger partial charge in [0.1, 0.15) is 11.2 Å². The molecule has 0 saturated heterocycles. The van der Waals surface area contributed by atoms with Crippen LogP contribution >= 0.6 is 11.6 Å². The van der Waals surface area contributed by atoms with Crippen LogP contribution in [0.3, 0.4) is 0 Å². The molecule has 22 rings (SSSR count). The molecule has 1 aliphatic carbocycles. The van der Waals surface area contributed by atoms with Gasteiger partial charge in [-0.25, -0.2) is 29.9 Å². The van der Waals surface area contributed by atoms with Crippen molar-refractivity contribution in [1.29, 1.82) is 0 Å². The molecular weight excluding hydrogens is 1310 g/mol. The number of hydrogen-bond donors (Lipinski definition) is 0. The molecule has 16 aromatic carbocycles. The highest BCUT2D eigenvalue weighted by molar-refractivity contribution is 6.37. The molecule has 0 bridgehead atoms. The largest absolute Gasteiger partial charge is 0.454 e. The lowest BCUT2D eigenvalue weighted by molar-refractivity contribution is 0.667. The van der Waals surface area contributed by atoms with Gasteiger partial charge < -0.3 is 13.4 Å². The molecule has 0 radical (unpaired) electrons. The Labute approximate surface area is 607 Å². The molecule has 105 heavy (non-hydrogen) atoms. The standard InChI is InChI=1S/C47H28N4O.C31H18ClN3O.C17H12/c1-3-13-29(14-4-1)45-48-46(30-15-5-2-6-16-30)50-47(49-45)36-23-24-40(44-43(36)38-26-32-18-8-10-20-34(32)28-42(38)52-44)51-39-22-12-11-21-35(39)37-25-31-17-7-9-19-33(31)27-41(37)51;32-25-16-15-23(27-24-17-21-13-7-8-14-22(21)18-26(24)36-28(25)27)31-34-29(19-9-3-1-4-10-19)33-30(35-31)20-11-5-2-6-12-20;1-2-6-13-11-17-15(9-12(13)5-1)10-14-7-3-4-8-16(14)17/h1-28H;1-18H;1-9,11H,10H2. The Kier molecular flexibility index (Phi) is 14.8. The van der Waals surface area contributed by atoms with E-state index in [1.165, 1.54) is 54.6 Å². The molecule has 5 heterocycles. The van der Waals surface area contributed by atoms with E-state index in [-0.39, 0.29) is 0 Å². The van der Waals surface area contributed by atoms with E-state index in [1.54, 1.807) is 0 Å². The van der Waals surface area contributed by atoms with Gasteiger partial charge in [0, 0.05) is 65.7 Å². The fraction of sp³-hybridized carbons (Fsp3) is 0.0105. The Hall–Kier alpha value is -13.7. The first-order valence-electron chi connectivity index (χ1n) is 35.1. The van der Waals surface area contributed by atoms with Gasteiger partial charge in [-0.3, -0.25) is 0 Å². The second kappa shape index (κ2) is 25.4. The molecule has 0 aliphatic heterocycles. The molecule has 10 heteroatoms. The van der Waals surface area contributed by atoms with Gasteiger partial charge >= 0.3 is 0 Å². The molecule has 1 aliphatic rings. The molecule has 9 nitrogen and oxygen atoms in total. The van der Waals surface area contributed by atoms with Crippen LogP contribution in [0.2, 0.25) is 5.02 Å². The van der Waals surface area contributed by atoms with Crippen LogP contribution in [-0.4, -0.2) is 34.5 Å². The summed E-state index contributed by atoms with van der Waals surface area (Å²) in [7, 11) is 0. The predicted molar refractivity (Wildman–Crippen MR) is 431 cm³/mol. The summed E-state index contributed by atoms with van der Waals surface area (Å²) in [4.78, 5) is 29.9. The minimum Gasteiger partial charge on any atom is -0.454 e. The topological polar surface area (TPSA) is 109 Å². The summed E-state index contributed by atoms with van der Waals surface area (Å²) in [6, 6.07) is 117. The average Bonchev–Trinajstić information content (AvgIpc) is 1.56. The zero-order valence-electron chi connectivity index (χ0n) is 56.4. The third-order valence-electron chi connectivity index (χ3n) is 20.2. The van der Waals surface area contributed by atoms with E-state index in [2.05, 4.69) is 199 Å². The highest BCUT2D eigenvalue weighted by Crippen LogP contribution is 2.46. The van der Waals surface area contributed by atoms with E-state index >= 15 is 0 Å². The number of aromatic nitrogens is 7. The molecule has 0 saturated carbocycles. The van der Waals surface area contributed by atoms with Gasteiger partial charge in [0.2, 0.25) is 0 Å². The zero-order valence-corrected chi connectivity index (χ0v) is 57.1. The minimum atomic E-state index is 0.551. The summed E-state index contributed by atoms with van der Waals surface area (Å²) in [5.41, 5.74) is 17.4. The molecule has 0 fully saturated rings. The van der Waals surface area contributed by atoms with E-state index in [1.807, 2.05) is 146 Å². The van der Waals surface area contributed by atoms with Crippen molar-refractivity contribution in [2.24, 2.45) is 0 Å². The van der Waals surface area contributed by atoms with Gasteiger partial charge in [-0.15, -0.1) is 0 Å². The van der Waals surface area contributed by atoms with Crippen molar-refractivity contribution in [3.05, 3.63) is 356 Å². The number of furan rings is 2. The molecule has 5 aromatic heterocycles. The van der Waals surface area contributed by atoms with Gasteiger partial charge in [-0.05, 0) is 145 Å². The number of halogens is 1. The first kappa shape index (κ1) is 61.2. The van der Waals surface area contributed by atoms with Crippen LogP contribution in [-0.2, 0) is 6.42 Å². The summed E-state index contributed by atoms with van der Waals surface area (Å²) in [6.45, 7) is 0. The molecule has 21 aromatic rings. The van der Waals surface area contributed by atoms with E-state index < -0.39 is 0 Å². The SMILES string of the molecule is Clc1ccc(-c2nc(-c3ccccc3)nc(-c3ccccc3)n2)c2c1oc1cc3ccccc3cc12.c1ccc(-c2nc(-c3ccccc3)nc(-c3ccc(-n4c5ccccc5c5cc6ccccc6cc54)c4oc5cc6ccccc6cc5c34)n2)cc1.c1ccc2c(c1)Cc1cc3ccccc3cc1-2. The van der Waals surface area contributed by atoms with Gasteiger partial charge in [0.15, 0.2) is 46.1 Å². The van der Waals surface area contributed by atoms with Gasteiger partial charge in [-0.2, -0.15) is 0 Å².